The van der Waals surface area contributed by atoms with Crippen LogP contribution in [0.25, 0.3) is 0 Å². The lowest BCUT2D eigenvalue weighted by molar-refractivity contribution is -0.116. The van der Waals surface area contributed by atoms with E-state index < -0.39 is 0 Å². The smallest absolute Gasteiger partial charge is 0.204 e. The molecule has 0 aromatic heterocycles. The summed E-state index contributed by atoms with van der Waals surface area (Å²) in [5.74, 6) is 0.314. The fourth-order valence-corrected chi connectivity index (χ4v) is 2.91. The Morgan fingerprint density at radius 1 is 1.32 bits per heavy atom. The van der Waals surface area contributed by atoms with Crippen molar-refractivity contribution < 1.29 is 4.79 Å². The third-order valence-electron chi connectivity index (χ3n) is 4.17. The van der Waals surface area contributed by atoms with Gasteiger partial charge in [0, 0.05) is 24.0 Å². The summed E-state index contributed by atoms with van der Waals surface area (Å²) < 4.78 is 0. The number of hydrogen-bond donors (Lipinski definition) is 1. The molecule has 0 saturated heterocycles. The highest BCUT2D eigenvalue weighted by molar-refractivity contribution is 6.04. The third kappa shape index (κ3) is 2.56. The maximum absolute atomic E-state index is 12.6. The van der Waals surface area contributed by atoms with Crippen molar-refractivity contribution in [1.82, 2.24) is 0 Å². The number of anilines is 1. The Hall–Kier alpha value is -2.36. The van der Waals surface area contributed by atoms with Gasteiger partial charge >= 0.3 is 0 Å². The van der Waals surface area contributed by atoms with E-state index in [0.29, 0.717) is 24.7 Å². The van der Waals surface area contributed by atoms with Gasteiger partial charge in [-0.15, -0.1) is 0 Å². The van der Waals surface area contributed by atoms with E-state index in [9.17, 15) is 4.79 Å². The standard InChI is InChI=1S/C18H21N3O/c1-12(2)14-9-15(19)18(22)17(10-14)21-8-7-20-11-13-5-3-4-6-16(13)21/h3-6,9-12,17H,7-8,19H2,1-2H3. The molecule has 1 aromatic rings. The van der Waals surface area contributed by atoms with E-state index in [1.165, 1.54) is 0 Å². The molecule has 0 saturated carbocycles. The maximum Gasteiger partial charge on any atom is 0.204 e. The second-order valence-electron chi connectivity index (χ2n) is 6.02. The molecule has 1 aliphatic heterocycles. The monoisotopic (exact) mass is 295 g/mol. The summed E-state index contributed by atoms with van der Waals surface area (Å²) in [7, 11) is 0. The minimum absolute atomic E-state index is 0.0268. The Morgan fingerprint density at radius 3 is 2.86 bits per heavy atom. The summed E-state index contributed by atoms with van der Waals surface area (Å²) in [4.78, 5) is 19.1. The minimum atomic E-state index is -0.342. The normalized spacial score (nSPS) is 21.3. The minimum Gasteiger partial charge on any atom is -0.396 e. The number of rotatable bonds is 2. The first-order valence-corrected chi connectivity index (χ1v) is 7.66. The lowest BCUT2D eigenvalue weighted by Gasteiger charge is -2.33. The molecule has 0 radical (unpaired) electrons. The molecule has 3 rings (SSSR count). The van der Waals surface area contributed by atoms with Crippen molar-refractivity contribution >= 4 is 17.7 Å². The molecule has 1 aromatic carbocycles. The van der Waals surface area contributed by atoms with Gasteiger partial charge in [0.25, 0.3) is 0 Å². The van der Waals surface area contributed by atoms with Gasteiger partial charge < -0.3 is 10.6 Å². The van der Waals surface area contributed by atoms with E-state index in [4.69, 9.17) is 5.73 Å². The van der Waals surface area contributed by atoms with Crippen LogP contribution in [0.5, 0.6) is 0 Å². The van der Waals surface area contributed by atoms with Crippen LogP contribution >= 0.6 is 0 Å². The summed E-state index contributed by atoms with van der Waals surface area (Å²) in [6, 6.07) is 7.70. The van der Waals surface area contributed by atoms with E-state index >= 15 is 0 Å². The average molecular weight is 295 g/mol. The molecule has 1 heterocycles. The van der Waals surface area contributed by atoms with Gasteiger partial charge in [0.2, 0.25) is 5.78 Å². The predicted octanol–water partition coefficient (Wildman–Crippen LogP) is 2.30. The Morgan fingerprint density at radius 2 is 2.09 bits per heavy atom. The quantitative estimate of drug-likeness (QED) is 0.911. The Kier molecular flexibility index (Phi) is 3.84. The zero-order chi connectivity index (χ0) is 15.7. The largest absolute Gasteiger partial charge is 0.396 e. The van der Waals surface area contributed by atoms with E-state index in [1.807, 2.05) is 42.6 Å². The van der Waals surface area contributed by atoms with Gasteiger partial charge in [-0.05, 0) is 23.6 Å². The summed E-state index contributed by atoms with van der Waals surface area (Å²) in [6.07, 6.45) is 5.74. The topological polar surface area (TPSA) is 58.7 Å². The first kappa shape index (κ1) is 14.6. The Balaban J connectivity index is 2.04. The number of Topliss-reactive ketones (excluding diaryl/α,β-unsaturated/α-hetero) is 1. The lowest BCUT2D eigenvalue weighted by Crippen LogP contribution is -2.45. The lowest BCUT2D eigenvalue weighted by atomic mass is 9.91. The fraction of sp³-hybridized carbons (Fsp3) is 0.333. The van der Waals surface area contributed by atoms with Crippen molar-refractivity contribution in [2.45, 2.75) is 19.9 Å². The number of carbonyl (C=O) groups excluding carboxylic acids is 1. The number of fused-ring (bicyclic) bond motifs is 1. The fourth-order valence-electron chi connectivity index (χ4n) is 2.91. The number of para-hydroxylation sites is 1. The zero-order valence-electron chi connectivity index (χ0n) is 13.0. The van der Waals surface area contributed by atoms with Gasteiger partial charge in [-0.25, -0.2) is 0 Å². The van der Waals surface area contributed by atoms with Crippen molar-refractivity contribution in [3.8, 4) is 0 Å². The highest BCUT2D eigenvalue weighted by Crippen LogP contribution is 2.28. The second kappa shape index (κ2) is 5.79. The molecule has 2 aliphatic rings. The molecule has 114 valence electrons. The molecule has 22 heavy (non-hydrogen) atoms. The van der Waals surface area contributed by atoms with Crippen molar-refractivity contribution in [1.29, 1.82) is 0 Å². The molecule has 1 aliphatic carbocycles. The van der Waals surface area contributed by atoms with Crippen LogP contribution in [-0.2, 0) is 4.79 Å². The van der Waals surface area contributed by atoms with Gasteiger partial charge in [0.15, 0.2) is 0 Å². The molecule has 4 heteroatoms. The second-order valence-corrected chi connectivity index (χ2v) is 6.02. The van der Waals surface area contributed by atoms with Gasteiger partial charge in [0.1, 0.15) is 6.04 Å². The van der Waals surface area contributed by atoms with Crippen molar-refractivity contribution in [3.05, 3.63) is 53.3 Å². The van der Waals surface area contributed by atoms with Crippen LogP contribution in [0.1, 0.15) is 19.4 Å². The number of benzodiazepines with no additional fused rings is 1. The molecular weight excluding hydrogens is 274 g/mol. The number of allylic oxidation sites excluding steroid dienone is 2. The molecular formula is C18H21N3O. The summed E-state index contributed by atoms with van der Waals surface area (Å²) in [5.41, 5.74) is 9.52. The number of nitrogens with two attached hydrogens (primary N) is 1. The van der Waals surface area contributed by atoms with Crippen LogP contribution in [0.2, 0.25) is 0 Å². The van der Waals surface area contributed by atoms with Crippen molar-refractivity contribution in [3.63, 3.8) is 0 Å². The number of aliphatic imine (C=N–C) groups is 1. The summed E-state index contributed by atoms with van der Waals surface area (Å²) in [6.45, 7) is 5.61. The molecule has 1 unspecified atom stereocenters. The molecule has 0 spiro atoms. The Labute approximate surface area is 131 Å². The molecule has 0 bridgehead atoms. The summed E-state index contributed by atoms with van der Waals surface area (Å²) in [5, 5.41) is 0. The Bertz CT molecular complexity index is 685. The number of nitrogens with zero attached hydrogens (tertiary/aromatic N) is 2. The number of carbonyl (C=O) groups is 1. The highest BCUT2D eigenvalue weighted by atomic mass is 16.1. The third-order valence-corrected chi connectivity index (χ3v) is 4.17. The summed E-state index contributed by atoms with van der Waals surface area (Å²) >= 11 is 0. The van der Waals surface area contributed by atoms with Crippen LogP contribution in [0.4, 0.5) is 5.69 Å². The van der Waals surface area contributed by atoms with Gasteiger partial charge in [0.05, 0.1) is 12.2 Å². The number of benzene rings is 1. The number of hydrogen-bond acceptors (Lipinski definition) is 4. The van der Waals surface area contributed by atoms with Crippen molar-refractivity contribution in [2.24, 2.45) is 16.6 Å². The molecule has 0 amide bonds. The maximum atomic E-state index is 12.6. The van der Waals surface area contributed by atoms with E-state index in [2.05, 4.69) is 23.7 Å². The van der Waals surface area contributed by atoms with E-state index in [-0.39, 0.29) is 11.8 Å². The van der Waals surface area contributed by atoms with Crippen molar-refractivity contribution in [2.75, 3.05) is 18.0 Å². The first-order chi connectivity index (χ1) is 10.6. The van der Waals surface area contributed by atoms with Gasteiger partial charge in [-0.1, -0.05) is 38.1 Å². The first-order valence-electron chi connectivity index (χ1n) is 7.66. The van der Waals surface area contributed by atoms with Crippen LogP contribution in [0.3, 0.4) is 0 Å². The molecule has 1 atom stereocenters. The van der Waals surface area contributed by atoms with Crippen LogP contribution in [0, 0.1) is 5.92 Å². The van der Waals surface area contributed by atoms with E-state index in [0.717, 1.165) is 16.8 Å². The van der Waals surface area contributed by atoms with E-state index in [1.54, 1.807) is 0 Å². The molecule has 0 fully saturated rings. The number of ketones is 1. The zero-order valence-corrected chi connectivity index (χ0v) is 13.0. The van der Waals surface area contributed by atoms with Crippen LogP contribution in [0.15, 0.2) is 52.7 Å². The van der Waals surface area contributed by atoms with Gasteiger partial charge in [-0.3, -0.25) is 9.79 Å². The van der Waals surface area contributed by atoms with Crippen LogP contribution < -0.4 is 10.6 Å². The predicted molar refractivity (Wildman–Crippen MR) is 90.2 cm³/mol. The molecule has 4 nitrogen and oxygen atoms in total. The van der Waals surface area contributed by atoms with Gasteiger partial charge in [-0.2, -0.15) is 0 Å². The highest BCUT2D eigenvalue weighted by Gasteiger charge is 2.30. The average Bonchev–Trinajstić information content (AvgIpc) is 2.72. The van der Waals surface area contributed by atoms with Crippen LogP contribution in [-0.4, -0.2) is 31.1 Å². The molecule has 2 N–H and O–H groups in total. The SMILES string of the molecule is CC(C)C1=CC(N2CCN=Cc3ccccc32)C(=O)C(N)=C1.